The summed E-state index contributed by atoms with van der Waals surface area (Å²) >= 11 is 0. The number of nitrogens with zero attached hydrogens (tertiary/aromatic N) is 3. The third-order valence-electron chi connectivity index (χ3n) is 2.81. The second kappa shape index (κ2) is 5.02. The van der Waals surface area contributed by atoms with Crippen LogP contribution in [-0.4, -0.2) is 14.5 Å². The first kappa shape index (κ1) is 11.6. The molecule has 2 aromatic heterocycles. The summed E-state index contributed by atoms with van der Waals surface area (Å²) in [7, 11) is 0. The second-order valence-electron chi connectivity index (χ2n) is 4.28. The minimum atomic E-state index is -0.220. The first-order chi connectivity index (χ1) is 9.31. The molecular formula is C15H12FN3. The Bertz CT molecular complexity index is 677. The lowest BCUT2D eigenvalue weighted by molar-refractivity contribution is 0.623. The molecule has 0 bridgehead atoms. The molecule has 0 atom stereocenters. The summed E-state index contributed by atoms with van der Waals surface area (Å²) in [5, 5.41) is 0. The van der Waals surface area contributed by atoms with Gasteiger partial charge in [-0.25, -0.2) is 9.37 Å². The van der Waals surface area contributed by atoms with Gasteiger partial charge in [0, 0.05) is 18.9 Å². The zero-order chi connectivity index (χ0) is 13.1. The van der Waals surface area contributed by atoms with Crippen LogP contribution < -0.4 is 0 Å². The van der Waals surface area contributed by atoms with Crippen molar-refractivity contribution in [2.75, 3.05) is 0 Å². The highest BCUT2D eigenvalue weighted by atomic mass is 19.1. The topological polar surface area (TPSA) is 30.7 Å². The molecule has 0 aliphatic carbocycles. The first-order valence-corrected chi connectivity index (χ1v) is 5.99. The molecule has 0 aliphatic rings. The number of halogens is 1. The Morgan fingerprint density at radius 2 is 1.95 bits per heavy atom. The van der Waals surface area contributed by atoms with Gasteiger partial charge in [0.2, 0.25) is 0 Å². The van der Waals surface area contributed by atoms with Crippen LogP contribution in [0.15, 0.2) is 61.2 Å². The molecule has 3 rings (SSSR count). The fourth-order valence-corrected chi connectivity index (χ4v) is 1.94. The van der Waals surface area contributed by atoms with Crippen molar-refractivity contribution in [3.8, 4) is 11.4 Å². The standard InChI is InChI=1S/C15H12FN3/c16-13-5-3-4-12(8-13)9-19-10-15(18-11-19)14-6-1-2-7-17-14/h1-8,10-11H,9H2. The Balaban J connectivity index is 1.82. The Morgan fingerprint density at radius 1 is 1.00 bits per heavy atom. The average Bonchev–Trinajstić information content (AvgIpc) is 2.88. The zero-order valence-electron chi connectivity index (χ0n) is 10.2. The van der Waals surface area contributed by atoms with E-state index in [0.717, 1.165) is 17.0 Å². The summed E-state index contributed by atoms with van der Waals surface area (Å²) < 4.78 is 15.0. The average molecular weight is 253 g/mol. The molecule has 0 spiro atoms. The number of pyridine rings is 1. The Kier molecular flexibility index (Phi) is 3.06. The smallest absolute Gasteiger partial charge is 0.123 e. The molecule has 0 saturated heterocycles. The van der Waals surface area contributed by atoms with Gasteiger partial charge in [-0.3, -0.25) is 4.98 Å². The molecule has 0 saturated carbocycles. The molecule has 0 fully saturated rings. The summed E-state index contributed by atoms with van der Waals surface area (Å²) in [5.74, 6) is -0.220. The van der Waals surface area contributed by atoms with Crippen LogP contribution in [0.25, 0.3) is 11.4 Å². The summed E-state index contributed by atoms with van der Waals surface area (Å²) in [4.78, 5) is 8.56. The van der Waals surface area contributed by atoms with Crippen LogP contribution in [0.1, 0.15) is 5.56 Å². The van der Waals surface area contributed by atoms with Crippen LogP contribution in [0, 0.1) is 5.82 Å². The highest BCUT2D eigenvalue weighted by molar-refractivity contribution is 5.52. The maximum absolute atomic E-state index is 13.1. The highest BCUT2D eigenvalue weighted by Crippen LogP contribution is 2.14. The van der Waals surface area contributed by atoms with E-state index in [-0.39, 0.29) is 5.82 Å². The Morgan fingerprint density at radius 3 is 2.74 bits per heavy atom. The predicted octanol–water partition coefficient (Wildman–Crippen LogP) is 3.13. The minimum absolute atomic E-state index is 0.220. The van der Waals surface area contributed by atoms with E-state index >= 15 is 0 Å². The molecule has 0 radical (unpaired) electrons. The molecule has 19 heavy (non-hydrogen) atoms. The lowest BCUT2D eigenvalue weighted by atomic mass is 10.2. The maximum atomic E-state index is 13.1. The van der Waals surface area contributed by atoms with E-state index in [0.29, 0.717) is 6.54 Å². The summed E-state index contributed by atoms with van der Waals surface area (Å²) in [6.07, 6.45) is 5.38. The van der Waals surface area contributed by atoms with Gasteiger partial charge in [0.1, 0.15) is 11.5 Å². The fourth-order valence-electron chi connectivity index (χ4n) is 1.94. The third kappa shape index (κ3) is 2.68. The van der Waals surface area contributed by atoms with Gasteiger partial charge < -0.3 is 4.57 Å². The molecule has 0 amide bonds. The molecular weight excluding hydrogens is 241 g/mol. The quantitative estimate of drug-likeness (QED) is 0.718. The molecule has 3 aromatic rings. The van der Waals surface area contributed by atoms with Crippen LogP contribution in [0.5, 0.6) is 0 Å². The Hall–Kier alpha value is -2.49. The molecule has 4 heteroatoms. The molecule has 94 valence electrons. The lowest BCUT2D eigenvalue weighted by Crippen LogP contribution is -1.96. The van der Waals surface area contributed by atoms with Crippen molar-refractivity contribution in [3.63, 3.8) is 0 Å². The summed E-state index contributed by atoms with van der Waals surface area (Å²) in [6, 6.07) is 12.3. The van der Waals surface area contributed by atoms with Crippen molar-refractivity contribution in [2.24, 2.45) is 0 Å². The van der Waals surface area contributed by atoms with Crippen molar-refractivity contribution in [1.29, 1.82) is 0 Å². The fraction of sp³-hybridized carbons (Fsp3) is 0.0667. The number of aromatic nitrogens is 3. The van der Waals surface area contributed by atoms with E-state index in [1.165, 1.54) is 12.1 Å². The van der Waals surface area contributed by atoms with E-state index in [9.17, 15) is 4.39 Å². The van der Waals surface area contributed by atoms with Crippen molar-refractivity contribution < 1.29 is 4.39 Å². The highest BCUT2D eigenvalue weighted by Gasteiger charge is 2.03. The summed E-state index contributed by atoms with van der Waals surface area (Å²) in [6.45, 7) is 0.595. The van der Waals surface area contributed by atoms with Crippen LogP contribution >= 0.6 is 0 Å². The van der Waals surface area contributed by atoms with Crippen molar-refractivity contribution in [3.05, 3.63) is 72.6 Å². The number of hydrogen-bond acceptors (Lipinski definition) is 2. The van der Waals surface area contributed by atoms with Crippen molar-refractivity contribution in [2.45, 2.75) is 6.54 Å². The van der Waals surface area contributed by atoms with Gasteiger partial charge in [-0.1, -0.05) is 18.2 Å². The third-order valence-corrected chi connectivity index (χ3v) is 2.81. The summed E-state index contributed by atoms with van der Waals surface area (Å²) in [5.41, 5.74) is 2.56. The van der Waals surface area contributed by atoms with E-state index in [2.05, 4.69) is 9.97 Å². The molecule has 0 aliphatic heterocycles. The number of imidazole rings is 1. The van der Waals surface area contributed by atoms with Crippen LogP contribution in [0.2, 0.25) is 0 Å². The van der Waals surface area contributed by atoms with Gasteiger partial charge >= 0.3 is 0 Å². The van der Waals surface area contributed by atoms with Gasteiger partial charge in [0.25, 0.3) is 0 Å². The van der Waals surface area contributed by atoms with Gasteiger partial charge in [-0.15, -0.1) is 0 Å². The molecule has 2 heterocycles. The van der Waals surface area contributed by atoms with Crippen LogP contribution in [0.3, 0.4) is 0 Å². The molecule has 3 nitrogen and oxygen atoms in total. The predicted molar refractivity (Wildman–Crippen MR) is 71.0 cm³/mol. The monoisotopic (exact) mass is 253 g/mol. The zero-order valence-corrected chi connectivity index (χ0v) is 10.2. The minimum Gasteiger partial charge on any atom is -0.332 e. The number of benzene rings is 1. The first-order valence-electron chi connectivity index (χ1n) is 5.99. The van der Waals surface area contributed by atoms with Crippen LogP contribution in [-0.2, 0) is 6.54 Å². The normalized spacial score (nSPS) is 10.6. The number of hydrogen-bond donors (Lipinski definition) is 0. The van der Waals surface area contributed by atoms with Gasteiger partial charge in [-0.2, -0.15) is 0 Å². The second-order valence-corrected chi connectivity index (χ2v) is 4.28. The molecule has 0 unspecified atom stereocenters. The van der Waals surface area contributed by atoms with Crippen molar-refractivity contribution >= 4 is 0 Å². The lowest BCUT2D eigenvalue weighted by Gasteiger charge is -2.02. The Labute approximate surface area is 110 Å². The van der Waals surface area contributed by atoms with E-state index in [1.807, 2.05) is 35.0 Å². The van der Waals surface area contributed by atoms with E-state index in [4.69, 9.17) is 0 Å². The SMILES string of the molecule is Fc1cccc(Cn2cnc(-c3ccccn3)c2)c1. The van der Waals surface area contributed by atoms with Crippen molar-refractivity contribution in [1.82, 2.24) is 14.5 Å². The van der Waals surface area contributed by atoms with Gasteiger partial charge in [0.05, 0.1) is 12.0 Å². The maximum Gasteiger partial charge on any atom is 0.123 e. The van der Waals surface area contributed by atoms with E-state index < -0.39 is 0 Å². The molecule has 1 aromatic carbocycles. The van der Waals surface area contributed by atoms with E-state index in [1.54, 1.807) is 18.6 Å². The largest absolute Gasteiger partial charge is 0.332 e. The van der Waals surface area contributed by atoms with Gasteiger partial charge in [0.15, 0.2) is 0 Å². The number of rotatable bonds is 3. The molecule has 0 N–H and O–H groups in total. The van der Waals surface area contributed by atoms with Crippen LogP contribution in [0.4, 0.5) is 4.39 Å². The van der Waals surface area contributed by atoms with Gasteiger partial charge in [-0.05, 0) is 29.8 Å².